The van der Waals surface area contributed by atoms with Crippen molar-refractivity contribution in [3.63, 3.8) is 0 Å². The maximum Gasteiger partial charge on any atom is 0.234 e. The first-order valence-electron chi connectivity index (χ1n) is 7.91. The number of nitrogens with zero attached hydrogens (tertiary/aromatic N) is 4. The van der Waals surface area contributed by atoms with Crippen molar-refractivity contribution < 1.29 is 5.11 Å². The Morgan fingerprint density at radius 3 is 2.58 bits per heavy atom. The molecule has 11 heteroatoms. The van der Waals surface area contributed by atoms with Crippen LogP contribution in [0.1, 0.15) is 13.8 Å². The Balaban J connectivity index is 2.09. The first-order valence-corrected chi connectivity index (χ1v) is 10.0. The van der Waals surface area contributed by atoms with Crippen molar-refractivity contribution in [3.8, 4) is 0 Å². The highest BCUT2D eigenvalue weighted by Gasteiger charge is 2.40. The van der Waals surface area contributed by atoms with Crippen LogP contribution in [0.15, 0.2) is 22.3 Å². The number of aromatic nitrogens is 3. The third kappa shape index (κ3) is 3.75. The molecule has 2 heterocycles. The predicted molar refractivity (Wildman–Crippen MR) is 106 cm³/mol. The van der Waals surface area contributed by atoms with E-state index >= 15 is 0 Å². The largest absolute Gasteiger partial charge is 0.354 e. The monoisotopic (exact) mass is 434 g/mol. The molecule has 0 radical (unpaired) electrons. The molecule has 0 saturated heterocycles. The Morgan fingerprint density at radius 2 is 1.96 bits per heavy atom. The SMILES string of the molecule is CCN=c1nc(NCC)nc2n1[C@](O)(Nc1c(Cl)cc(Cl)cc1Cl)CS2. The first kappa shape index (κ1) is 19.6. The summed E-state index contributed by atoms with van der Waals surface area (Å²) in [5.41, 5.74) is 0.731. The summed E-state index contributed by atoms with van der Waals surface area (Å²) in [6.07, 6.45) is 0. The number of aliphatic hydroxyl groups is 1. The number of thioether (sulfide) groups is 1. The van der Waals surface area contributed by atoms with Crippen LogP contribution in [0.3, 0.4) is 0 Å². The van der Waals surface area contributed by atoms with Gasteiger partial charge in [0.05, 0.1) is 21.5 Å². The number of rotatable bonds is 5. The van der Waals surface area contributed by atoms with Gasteiger partial charge in [-0.2, -0.15) is 9.97 Å². The highest BCUT2D eigenvalue weighted by Crippen LogP contribution is 2.39. The van der Waals surface area contributed by atoms with E-state index in [2.05, 4.69) is 25.6 Å². The van der Waals surface area contributed by atoms with Gasteiger partial charge in [0.1, 0.15) is 0 Å². The van der Waals surface area contributed by atoms with Crippen molar-refractivity contribution >= 4 is 58.2 Å². The van der Waals surface area contributed by atoms with E-state index in [0.717, 1.165) is 0 Å². The summed E-state index contributed by atoms with van der Waals surface area (Å²) in [6, 6.07) is 3.10. The molecule has 2 aromatic rings. The van der Waals surface area contributed by atoms with Gasteiger partial charge in [-0.25, -0.2) is 4.57 Å². The fraction of sp³-hybridized carbons (Fsp3) is 0.400. The second-order valence-electron chi connectivity index (χ2n) is 5.44. The average Bonchev–Trinajstić information content (AvgIpc) is 2.89. The summed E-state index contributed by atoms with van der Waals surface area (Å²) >= 11 is 19.8. The molecule has 1 atom stereocenters. The molecule has 0 spiro atoms. The summed E-state index contributed by atoms with van der Waals surface area (Å²) in [4.78, 5) is 13.2. The van der Waals surface area contributed by atoms with E-state index in [1.807, 2.05) is 13.8 Å². The zero-order chi connectivity index (χ0) is 18.9. The fourth-order valence-corrected chi connectivity index (χ4v) is 4.44. The molecule has 1 aliphatic heterocycles. The molecule has 1 aromatic carbocycles. The zero-order valence-electron chi connectivity index (χ0n) is 14.1. The molecular formula is C15H17Cl3N6OS. The fourth-order valence-electron chi connectivity index (χ4n) is 2.48. The molecule has 26 heavy (non-hydrogen) atoms. The molecule has 3 N–H and O–H groups in total. The normalized spacial score (nSPS) is 19.5. The lowest BCUT2D eigenvalue weighted by atomic mass is 10.3. The molecule has 0 amide bonds. The summed E-state index contributed by atoms with van der Waals surface area (Å²) in [5, 5.41) is 18.9. The molecule has 1 aromatic heterocycles. The van der Waals surface area contributed by atoms with Gasteiger partial charge in [-0.15, -0.1) is 0 Å². The van der Waals surface area contributed by atoms with Gasteiger partial charge in [0.15, 0.2) is 5.16 Å². The van der Waals surface area contributed by atoms with Crippen molar-refractivity contribution in [2.45, 2.75) is 24.9 Å². The van der Waals surface area contributed by atoms with Gasteiger partial charge in [0.25, 0.3) is 0 Å². The minimum Gasteiger partial charge on any atom is -0.354 e. The van der Waals surface area contributed by atoms with E-state index in [4.69, 9.17) is 34.8 Å². The van der Waals surface area contributed by atoms with E-state index in [-0.39, 0.29) is 5.75 Å². The van der Waals surface area contributed by atoms with Crippen LogP contribution in [0.2, 0.25) is 15.1 Å². The van der Waals surface area contributed by atoms with Crippen LogP contribution in [0.4, 0.5) is 11.6 Å². The third-order valence-electron chi connectivity index (χ3n) is 3.54. The van der Waals surface area contributed by atoms with Crippen molar-refractivity contribution in [1.29, 1.82) is 0 Å². The molecule has 0 unspecified atom stereocenters. The lowest BCUT2D eigenvalue weighted by Gasteiger charge is -2.28. The zero-order valence-corrected chi connectivity index (χ0v) is 17.1. The molecule has 1 aliphatic rings. The molecule has 0 aliphatic carbocycles. The Bertz CT molecular complexity index is 882. The van der Waals surface area contributed by atoms with E-state index in [1.165, 1.54) is 11.8 Å². The van der Waals surface area contributed by atoms with E-state index in [0.29, 0.717) is 50.6 Å². The quantitative estimate of drug-likeness (QED) is 0.624. The predicted octanol–water partition coefficient (Wildman–Crippen LogP) is 3.41. The van der Waals surface area contributed by atoms with E-state index in [9.17, 15) is 5.11 Å². The Morgan fingerprint density at radius 1 is 1.27 bits per heavy atom. The van der Waals surface area contributed by atoms with Crippen LogP contribution in [0, 0.1) is 0 Å². The Hall–Kier alpha value is -1.19. The molecule has 0 saturated carbocycles. The van der Waals surface area contributed by atoms with Crippen LogP contribution < -0.4 is 16.3 Å². The molecular weight excluding hydrogens is 419 g/mol. The van der Waals surface area contributed by atoms with E-state index in [1.54, 1.807) is 16.7 Å². The van der Waals surface area contributed by atoms with Crippen molar-refractivity contribution in [1.82, 2.24) is 14.5 Å². The topological polar surface area (TPSA) is 87.4 Å². The van der Waals surface area contributed by atoms with Gasteiger partial charge in [-0.3, -0.25) is 4.99 Å². The highest BCUT2D eigenvalue weighted by molar-refractivity contribution is 7.99. The molecule has 7 nitrogen and oxygen atoms in total. The summed E-state index contributed by atoms with van der Waals surface area (Å²) in [7, 11) is 0. The van der Waals surface area contributed by atoms with Crippen molar-refractivity contribution in [2.24, 2.45) is 4.99 Å². The number of fused-ring (bicyclic) bond motifs is 1. The maximum atomic E-state index is 11.3. The van der Waals surface area contributed by atoms with Gasteiger partial charge >= 0.3 is 0 Å². The number of nitrogens with one attached hydrogen (secondary N) is 2. The third-order valence-corrected chi connectivity index (χ3v) is 5.43. The standard InChI is InChI=1S/C15H17Cl3N6OS/c1-3-19-12-21-13(20-4-2)24-14(22-12)26-7-15(24,25)23-11-9(17)5-8(16)6-10(11)18/h5-6,23,25H,3-4,7H2,1-2H3,(H,19,20,21)/t15-/m1/s1. The average molecular weight is 436 g/mol. The summed E-state index contributed by atoms with van der Waals surface area (Å²) in [6.45, 7) is 5.03. The minimum absolute atomic E-state index is 0.277. The van der Waals surface area contributed by atoms with Crippen molar-refractivity contribution in [2.75, 3.05) is 29.5 Å². The van der Waals surface area contributed by atoms with Crippen LogP contribution in [0.25, 0.3) is 0 Å². The van der Waals surface area contributed by atoms with Gasteiger partial charge < -0.3 is 15.7 Å². The number of benzene rings is 1. The van der Waals surface area contributed by atoms with E-state index < -0.39 is 5.85 Å². The number of anilines is 2. The first-order chi connectivity index (χ1) is 12.4. The van der Waals surface area contributed by atoms with Gasteiger partial charge in [-0.1, -0.05) is 46.6 Å². The Labute approximate surface area is 169 Å². The maximum absolute atomic E-state index is 11.3. The molecule has 0 fully saturated rings. The Kier molecular flexibility index (Phi) is 5.88. The van der Waals surface area contributed by atoms with Gasteiger partial charge in [0, 0.05) is 18.1 Å². The molecule has 3 rings (SSSR count). The number of halogens is 3. The van der Waals surface area contributed by atoms with Crippen LogP contribution in [-0.4, -0.2) is 38.5 Å². The van der Waals surface area contributed by atoms with Gasteiger partial charge in [0.2, 0.25) is 17.4 Å². The van der Waals surface area contributed by atoms with Crippen molar-refractivity contribution in [3.05, 3.63) is 32.8 Å². The second kappa shape index (κ2) is 7.82. The van der Waals surface area contributed by atoms with Crippen LogP contribution in [0.5, 0.6) is 0 Å². The number of hydrogen-bond donors (Lipinski definition) is 3. The highest BCUT2D eigenvalue weighted by atomic mass is 35.5. The lowest BCUT2D eigenvalue weighted by molar-refractivity contribution is 0.00820. The summed E-state index contributed by atoms with van der Waals surface area (Å²) < 4.78 is 1.54. The van der Waals surface area contributed by atoms with Gasteiger partial charge in [-0.05, 0) is 26.0 Å². The minimum atomic E-state index is -1.54. The van der Waals surface area contributed by atoms with Crippen LogP contribution >= 0.6 is 46.6 Å². The smallest absolute Gasteiger partial charge is 0.234 e. The number of hydrogen-bond acceptors (Lipinski definition) is 7. The lowest BCUT2D eigenvalue weighted by Crippen LogP contribution is -2.48. The molecule has 0 bridgehead atoms. The second-order valence-corrected chi connectivity index (χ2v) is 7.64. The molecule has 140 valence electrons. The van der Waals surface area contributed by atoms with Crippen LogP contribution in [-0.2, 0) is 5.85 Å². The summed E-state index contributed by atoms with van der Waals surface area (Å²) in [5.74, 6) is -0.802.